The van der Waals surface area contributed by atoms with Crippen LogP contribution in [0.5, 0.6) is 0 Å². The monoisotopic (exact) mass is 280 g/mol. The molecule has 4 heteroatoms. The molecule has 0 fully saturated rings. The lowest BCUT2D eigenvalue weighted by atomic mass is 10.2. The maximum absolute atomic E-state index is 5.84. The van der Waals surface area contributed by atoms with Gasteiger partial charge in [-0.3, -0.25) is 0 Å². The third kappa shape index (κ3) is 1.43. The molecule has 0 aliphatic heterocycles. The van der Waals surface area contributed by atoms with Gasteiger partial charge < -0.3 is 4.98 Å². The summed E-state index contributed by atoms with van der Waals surface area (Å²) < 4.78 is 1.06. The standard InChI is InChI=1S/C11H6BrClN2/c12-6-1-3-9-8(5-6)7-2-4-10(13)15-11(7)14-9/h1-5H,(H,14,15). The number of rotatable bonds is 0. The van der Waals surface area contributed by atoms with E-state index in [0.717, 1.165) is 26.4 Å². The van der Waals surface area contributed by atoms with Gasteiger partial charge in [0.15, 0.2) is 0 Å². The molecule has 2 aromatic heterocycles. The van der Waals surface area contributed by atoms with E-state index in [-0.39, 0.29) is 0 Å². The third-order valence-corrected chi connectivity index (χ3v) is 3.09. The molecule has 15 heavy (non-hydrogen) atoms. The molecule has 0 spiro atoms. The number of nitrogens with one attached hydrogen (secondary N) is 1. The highest BCUT2D eigenvalue weighted by Gasteiger charge is 2.05. The smallest absolute Gasteiger partial charge is 0.140 e. The van der Waals surface area contributed by atoms with Gasteiger partial charge >= 0.3 is 0 Å². The van der Waals surface area contributed by atoms with Crippen molar-refractivity contribution in [3.63, 3.8) is 0 Å². The molecule has 3 rings (SSSR count). The lowest BCUT2D eigenvalue weighted by molar-refractivity contribution is 1.35. The Morgan fingerprint density at radius 3 is 2.87 bits per heavy atom. The summed E-state index contributed by atoms with van der Waals surface area (Å²) in [4.78, 5) is 7.47. The largest absolute Gasteiger partial charge is 0.339 e. The average molecular weight is 282 g/mol. The third-order valence-electron chi connectivity index (χ3n) is 2.39. The fraction of sp³-hybridized carbons (Fsp3) is 0. The van der Waals surface area contributed by atoms with Crippen molar-refractivity contribution < 1.29 is 0 Å². The molecular formula is C11H6BrClN2. The first-order chi connectivity index (χ1) is 7.24. The first-order valence-electron chi connectivity index (χ1n) is 4.47. The van der Waals surface area contributed by atoms with Gasteiger partial charge in [-0.05, 0) is 30.3 Å². The van der Waals surface area contributed by atoms with E-state index in [1.54, 1.807) is 6.07 Å². The van der Waals surface area contributed by atoms with E-state index >= 15 is 0 Å². The predicted octanol–water partition coefficient (Wildman–Crippen LogP) is 4.13. The van der Waals surface area contributed by atoms with Crippen molar-refractivity contribution in [1.29, 1.82) is 0 Å². The number of hydrogen-bond donors (Lipinski definition) is 1. The second kappa shape index (κ2) is 3.22. The van der Waals surface area contributed by atoms with Crippen molar-refractivity contribution in [1.82, 2.24) is 9.97 Å². The quantitative estimate of drug-likeness (QED) is 0.617. The van der Waals surface area contributed by atoms with Crippen molar-refractivity contribution >= 4 is 49.5 Å². The molecule has 1 N–H and O–H groups in total. The number of hydrogen-bond acceptors (Lipinski definition) is 1. The van der Waals surface area contributed by atoms with Gasteiger partial charge in [0.2, 0.25) is 0 Å². The minimum Gasteiger partial charge on any atom is -0.339 e. The Morgan fingerprint density at radius 1 is 1.13 bits per heavy atom. The van der Waals surface area contributed by atoms with Crippen LogP contribution in [0.1, 0.15) is 0 Å². The Hall–Kier alpha value is -1.06. The predicted molar refractivity (Wildman–Crippen MR) is 66.3 cm³/mol. The second-order valence-electron chi connectivity index (χ2n) is 3.35. The summed E-state index contributed by atoms with van der Waals surface area (Å²) >= 11 is 9.29. The fourth-order valence-electron chi connectivity index (χ4n) is 1.72. The van der Waals surface area contributed by atoms with Crippen LogP contribution in [0.4, 0.5) is 0 Å². The van der Waals surface area contributed by atoms with Gasteiger partial charge in [-0.2, -0.15) is 0 Å². The fourth-order valence-corrected chi connectivity index (χ4v) is 2.23. The van der Waals surface area contributed by atoms with Gasteiger partial charge in [0.05, 0.1) is 0 Å². The average Bonchev–Trinajstić information content (AvgIpc) is 2.54. The number of halogens is 2. The molecule has 2 heterocycles. The van der Waals surface area contributed by atoms with E-state index in [1.165, 1.54) is 0 Å². The number of aromatic amines is 1. The first kappa shape index (κ1) is 9.19. The van der Waals surface area contributed by atoms with Crippen molar-refractivity contribution in [2.75, 3.05) is 0 Å². The summed E-state index contributed by atoms with van der Waals surface area (Å²) in [6, 6.07) is 9.88. The summed E-state index contributed by atoms with van der Waals surface area (Å²) in [5, 5.41) is 2.76. The van der Waals surface area contributed by atoms with Crippen LogP contribution in [-0.2, 0) is 0 Å². The minimum atomic E-state index is 0.508. The molecule has 0 saturated carbocycles. The Kier molecular flexibility index (Phi) is 1.97. The SMILES string of the molecule is Clc1ccc2c(n1)[nH]c1ccc(Br)cc12. The number of nitrogens with zero attached hydrogens (tertiary/aromatic N) is 1. The van der Waals surface area contributed by atoms with Crippen LogP contribution >= 0.6 is 27.5 Å². The molecule has 0 bridgehead atoms. The van der Waals surface area contributed by atoms with E-state index in [2.05, 4.69) is 32.0 Å². The highest BCUT2D eigenvalue weighted by Crippen LogP contribution is 2.27. The summed E-state index contributed by atoms with van der Waals surface area (Å²) in [7, 11) is 0. The zero-order valence-electron chi connectivity index (χ0n) is 7.59. The highest BCUT2D eigenvalue weighted by molar-refractivity contribution is 9.10. The zero-order valence-corrected chi connectivity index (χ0v) is 9.93. The number of pyridine rings is 1. The molecule has 0 unspecified atom stereocenters. The minimum absolute atomic E-state index is 0.508. The number of benzene rings is 1. The molecule has 3 aromatic rings. The van der Waals surface area contributed by atoms with E-state index in [4.69, 9.17) is 11.6 Å². The molecule has 1 aromatic carbocycles. The molecule has 0 aliphatic rings. The summed E-state index contributed by atoms with van der Waals surface area (Å²) in [5.41, 5.74) is 1.90. The van der Waals surface area contributed by atoms with Gasteiger partial charge in [-0.15, -0.1) is 0 Å². The summed E-state index contributed by atoms with van der Waals surface area (Å²) in [6.07, 6.45) is 0. The van der Waals surface area contributed by atoms with Crippen LogP contribution in [0.3, 0.4) is 0 Å². The maximum atomic E-state index is 5.84. The van der Waals surface area contributed by atoms with Gasteiger partial charge in [0.1, 0.15) is 10.8 Å². The first-order valence-corrected chi connectivity index (χ1v) is 5.64. The van der Waals surface area contributed by atoms with Crippen LogP contribution in [0.2, 0.25) is 5.15 Å². The number of H-pyrrole nitrogens is 1. The normalized spacial score (nSPS) is 11.3. The zero-order chi connectivity index (χ0) is 10.4. The van der Waals surface area contributed by atoms with Crippen molar-refractivity contribution in [2.45, 2.75) is 0 Å². The molecule has 0 aliphatic carbocycles. The highest BCUT2D eigenvalue weighted by atomic mass is 79.9. The second-order valence-corrected chi connectivity index (χ2v) is 4.65. The van der Waals surface area contributed by atoms with Gasteiger partial charge in [0.25, 0.3) is 0 Å². The van der Waals surface area contributed by atoms with E-state index in [9.17, 15) is 0 Å². The molecule has 0 saturated heterocycles. The van der Waals surface area contributed by atoms with Crippen LogP contribution in [0.25, 0.3) is 21.9 Å². The van der Waals surface area contributed by atoms with E-state index in [1.807, 2.05) is 18.2 Å². The Balaban J connectivity index is 2.53. The Morgan fingerprint density at radius 2 is 2.00 bits per heavy atom. The molecule has 0 radical (unpaired) electrons. The molecule has 0 atom stereocenters. The summed E-state index contributed by atoms with van der Waals surface area (Å²) in [6.45, 7) is 0. The van der Waals surface area contributed by atoms with E-state index in [0.29, 0.717) is 5.15 Å². The lowest BCUT2D eigenvalue weighted by Crippen LogP contribution is -1.75. The van der Waals surface area contributed by atoms with Crippen LogP contribution in [-0.4, -0.2) is 9.97 Å². The molecular weight excluding hydrogens is 275 g/mol. The lowest BCUT2D eigenvalue weighted by Gasteiger charge is -1.92. The van der Waals surface area contributed by atoms with Crippen molar-refractivity contribution in [3.05, 3.63) is 40.0 Å². The Bertz CT molecular complexity index is 660. The summed E-state index contributed by atoms with van der Waals surface area (Å²) in [5.74, 6) is 0. The maximum Gasteiger partial charge on any atom is 0.140 e. The van der Waals surface area contributed by atoms with E-state index < -0.39 is 0 Å². The van der Waals surface area contributed by atoms with Gasteiger partial charge in [0, 0.05) is 20.8 Å². The van der Waals surface area contributed by atoms with Gasteiger partial charge in [-0.25, -0.2) is 4.98 Å². The molecule has 2 nitrogen and oxygen atoms in total. The van der Waals surface area contributed by atoms with Crippen LogP contribution in [0.15, 0.2) is 34.8 Å². The van der Waals surface area contributed by atoms with Crippen molar-refractivity contribution in [2.24, 2.45) is 0 Å². The molecule has 0 amide bonds. The van der Waals surface area contributed by atoms with Crippen LogP contribution < -0.4 is 0 Å². The Labute approximate surface area is 99.4 Å². The van der Waals surface area contributed by atoms with Crippen LogP contribution in [0, 0.1) is 0 Å². The number of fused-ring (bicyclic) bond motifs is 3. The van der Waals surface area contributed by atoms with Crippen molar-refractivity contribution in [3.8, 4) is 0 Å². The number of aromatic nitrogens is 2. The molecule has 74 valence electrons. The van der Waals surface area contributed by atoms with Gasteiger partial charge in [-0.1, -0.05) is 27.5 Å². The topological polar surface area (TPSA) is 28.7 Å².